The first-order valence-corrected chi connectivity index (χ1v) is 10.5. The molecule has 152 valence electrons. The van der Waals surface area contributed by atoms with Gasteiger partial charge in [0, 0.05) is 36.7 Å². The van der Waals surface area contributed by atoms with Gasteiger partial charge in [-0.05, 0) is 62.4 Å². The van der Waals surface area contributed by atoms with Crippen molar-refractivity contribution >= 4 is 0 Å². The highest BCUT2D eigenvalue weighted by Gasteiger charge is 2.48. The van der Waals surface area contributed by atoms with Crippen molar-refractivity contribution in [3.05, 3.63) is 59.4 Å². The van der Waals surface area contributed by atoms with Crippen LogP contribution in [0.1, 0.15) is 61.9 Å². The largest absolute Gasteiger partial charge is 0.375 e. The second-order valence-electron chi connectivity index (χ2n) is 8.37. The lowest BCUT2D eigenvalue weighted by atomic mass is 9.68. The van der Waals surface area contributed by atoms with Gasteiger partial charge in [0.1, 0.15) is 6.07 Å². The molecule has 0 amide bonds. The Labute approximate surface area is 171 Å². The Balaban J connectivity index is 1.44. The van der Waals surface area contributed by atoms with Gasteiger partial charge in [-0.15, -0.1) is 0 Å². The minimum atomic E-state index is -0.565. The molecule has 1 saturated carbocycles. The van der Waals surface area contributed by atoms with E-state index in [1.165, 1.54) is 18.9 Å². The van der Waals surface area contributed by atoms with Gasteiger partial charge in [-0.1, -0.05) is 18.9 Å². The second-order valence-corrected chi connectivity index (χ2v) is 8.37. The van der Waals surface area contributed by atoms with Crippen LogP contribution in [0.25, 0.3) is 0 Å². The van der Waals surface area contributed by atoms with E-state index in [1.807, 2.05) is 12.3 Å². The van der Waals surface area contributed by atoms with Crippen LogP contribution in [0, 0.1) is 17.1 Å². The van der Waals surface area contributed by atoms with Crippen LogP contribution in [0.4, 0.5) is 4.39 Å². The highest BCUT2D eigenvalue weighted by Crippen LogP contribution is 2.49. The summed E-state index contributed by atoms with van der Waals surface area (Å²) in [4.78, 5) is 8.60. The van der Waals surface area contributed by atoms with Crippen LogP contribution in [0.2, 0.25) is 0 Å². The molecule has 4 rings (SSSR count). The van der Waals surface area contributed by atoms with Crippen molar-refractivity contribution in [1.29, 1.82) is 5.26 Å². The molecule has 0 radical (unpaired) electrons. The molecule has 1 aliphatic carbocycles. The number of hydrogen-bond acceptors (Lipinski definition) is 5. The summed E-state index contributed by atoms with van der Waals surface area (Å²) in [6.45, 7) is 2.10. The highest BCUT2D eigenvalue weighted by atomic mass is 19.1. The summed E-state index contributed by atoms with van der Waals surface area (Å²) in [6, 6.07) is 9.32. The summed E-state index contributed by atoms with van der Waals surface area (Å²) in [7, 11) is 0. The molecule has 2 aromatic rings. The molecule has 1 aliphatic heterocycles. The molecular weight excluding hydrogens is 367 g/mol. The lowest BCUT2D eigenvalue weighted by Gasteiger charge is -2.46. The molecular formula is C23H27FN4O. The number of hydrogen-bond donors (Lipinski definition) is 1. The smallest absolute Gasteiger partial charge is 0.176 e. The molecule has 0 aromatic carbocycles. The third-order valence-electron chi connectivity index (χ3n) is 6.49. The van der Waals surface area contributed by atoms with Crippen LogP contribution in [0.3, 0.4) is 0 Å². The number of aromatic nitrogens is 2. The summed E-state index contributed by atoms with van der Waals surface area (Å²) in [5.41, 5.74) is 1.75. The molecule has 29 heavy (non-hydrogen) atoms. The Morgan fingerprint density at radius 1 is 1.21 bits per heavy atom. The quantitative estimate of drug-likeness (QED) is 0.749. The zero-order valence-electron chi connectivity index (χ0n) is 16.7. The van der Waals surface area contributed by atoms with Gasteiger partial charge < -0.3 is 10.1 Å². The average molecular weight is 394 g/mol. The summed E-state index contributed by atoms with van der Waals surface area (Å²) in [5.74, 6) is -0.565. The van der Waals surface area contributed by atoms with Gasteiger partial charge in [0.2, 0.25) is 0 Å². The predicted octanol–water partition coefficient (Wildman–Crippen LogP) is 4.03. The number of ether oxygens (including phenoxy) is 1. The molecule has 2 fully saturated rings. The Morgan fingerprint density at radius 3 is 2.79 bits per heavy atom. The monoisotopic (exact) mass is 394 g/mol. The molecule has 1 atom stereocenters. The van der Waals surface area contributed by atoms with E-state index in [4.69, 9.17) is 15.0 Å². The predicted molar refractivity (Wildman–Crippen MR) is 108 cm³/mol. The number of nitrogens with one attached hydrogen (secondary N) is 1. The van der Waals surface area contributed by atoms with Gasteiger partial charge in [0.05, 0.1) is 5.60 Å². The molecule has 5 nitrogen and oxygen atoms in total. The van der Waals surface area contributed by atoms with Crippen LogP contribution in [-0.2, 0) is 16.7 Å². The minimum absolute atomic E-state index is 0.00498. The van der Waals surface area contributed by atoms with Gasteiger partial charge >= 0.3 is 0 Å². The van der Waals surface area contributed by atoms with Crippen LogP contribution < -0.4 is 5.32 Å². The van der Waals surface area contributed by atoms with E-state index in [0.29, 0.717) is 6.54 Å². The molecule has 1 N–H and O–H groups in total. The normalized spacial score (nSPS) is 23.2. The van der Waals surface area contributed by atoms with Crippen LogP contribution >= 0.6 is 0 Å². The standard InChI is InChI=1S/C23H27FN4O/c24-19-13-18(16-28-20(19)14-25)15-26-11-8-22(21-5-1-4-10-27-21)9-12-29-23(17-22)6-2-3-7-23/h1,4-5,10,13,16,26H,2-3,6-9,11-12,15,17H2/t22-/m0/s1. The molecule has 0 unspecified atom stereocenters. The summed E-state index contributed by atoms with van der Waals surface area (Å²) < 4.78 is 20.1. The second kappa shape index (κ2) is 8.56. The van der Waals surface area contributed by atoms with E-state index in [2.05, 4.69) is 22.4 Å². The van der Waals surface area contributed by atoms with Crippen molar-refractivity contribution in [3.8, 4) is 6.07 Å². The Kier molecular flexibility index (Phi) is 5.89. The van der Waals surface area contributed by atoms with Gasteiger partial charge in [0.15, 0.2) is 11.5 Å². The maximum Gasteiger partial charge on any atom is 0.176 e. The van der Waals surface area contributed by atoms with E-state index >= 15 is 0 Å². The number of nitrogens with zero attached hydrogens (tertiary/aromatic N) is 3. The maximum absolute atomic E-state index is 13.8. The molecule has 3 heterocycles. The lowest BCUT2D eigenvalue weighted by Crippen LogP contribution is -2.47. The zero-order valence-corrected chi connectivity index (χ0v) is 16.7. The van der Waals surface area contributed by atoms with Gasteiger partial charge in [0.25, 0.3) is 0 Å². The van der Waals surface area contributed by atoms with E-state index in [-0.39, 0.29) is 16.7 Å². The van der Waals surface area contributed by atoms with Crippen molar-refractivity contribution in [2.75, 3.05) is 13.2 Å². The van der Waals surface area contributed by atoms with E-state index in [1.54, 1.807) is 12.3 Å². The van der Waals surface area contributed by atoms with Crippen molar-refractivity contribution in [2.24, 2.45) is 0 Å². The maximum atomic E-state index is 13.8. The Hall–Kier alpha value is -2.36. The minimum Gasteiger partial charge on any atom is -0.375 e. The molecule has 1 spiro atoms. The molecule has 0 bridgehead atoms. The Bertz CT molecular complexity index is 876. The molecule has 1 saturated heterocycles. The van der Waals surface area contributed by atoms with Crippen molar-refractivity contribution in [1.82, 2.24) is 15.3 Å². The SMILES string of the molecule is N#Cc1ncc(CNCC[C@]2(c3ccccn3)CCOC3(CCCC3)C2)cc1F. The third kappa shape index (κ3) is 4.31. The summed E-state index contributed by atoms with van der Waals surface area (Å²) in [5, 5.41) is 12.2. The summed E-state index contributed by atoms with van der Waals surface area (Å²) >= 11 is 0. The fraction of sp³-hybridized carbons (Fsp3) is 0.522. The van der Waals surface area contributed by atoms with Crippen LogP contribution in [-0.4, -0.2) is 28.7 Å². The van der Waals surface area contributed by atoms with E-state index < -0.39 is 5.82 Å². The third-order valence-corrected chi connectivity index (χ3v) is 6.49. The fourth-order valence-corrected chi connectivity index (χ4v) is 5.01. The number of rotatable bonds is 6. The topological polar surface area (TPSA) is 70.8 Å². The van der Waals surface area contributed by atoms with Crippen LogP contribution in [0.15, 0.2) is 36.7 Å². The zero-order chi connectivity index (χ0) is 20.2. The fourth-order valence-electron chi connectivity index (χ4n) is 5.01. The van der Waals surface area contributed by atoms with Crippen molar-refractivity contribution in [2.45, 2.75) is 62.5 Å². The van der Waals surface area contributed by atoms with Crippen molar-refractivity contribution in [3.63, 3.8) is 0 Å². The van der Waals surface area contributed by atoms with Gasteiger partial charge in [-0.2, -0.15) is 5.26 Å². The molecule has 2 aliphatic rings. The van der Waals surface area contributed by atoms with E-state index in [9.17, 15) is 4.39 Å². The number of pyridine rings is 2. The molecule has 6 heteroatoms. The van der Waals surface area contributed by atoms with Crippen LogP contribution in [0.5, 0.6) is 0 Å². The average Bonchev–Trinajstić information content (AvgIpc) is 3.19. The Morgan fingerprint density at radius 2 is 2.07 bits per heavy atom. The first-order valence-electron chi connectivity index (χ1n) is 10.5. The highest BCUT2D eigenvalue weighted by molar-refractivity contribution is 5.25. The van der Waals surface area contributed by atoms with Crippen molar-refractivity contribution < 1.29 is 9.13 Å². The molecule has 2 aromatic heterocycles. The van der Waals surface area contributed by atoms with Gasteiger partial charge in [-0.25, -0.2) is 9.37 Å². The lowest BCUT2D eigenvalue weighted by molar-refractivity contribution is -0.104. The van der Waals surface area contributed by atoms with E-state index in [0.717, 1.165) is 56.5 Å². The van der Waals surface area contributed by atoms with Gasteiger partial charge in [-0.3, -0.25) is 4.98 Å². The summed E-state index contributed by atoms with van der Waals surface area (Å²) in [6.07, 6.45) is 11.2. The first-order chi connectivity index (χ1) is 14.1. The number of nitriles is 1. The first kappa shape index (κ1) is 19.9. The number of halogens is 1.